The molecule has 0 radical (unpaired) electrons. The minimum absolute atomic E-state index is 0.127. The van der Waals surface area contributed by atoms with Crippen molar-refractivity contribution in [2.45, 2.75) is 57.0 Å². The SMILES string of the molecule is Cc1ncc(C(CC(=O)O)N2CCN(CCCC(=O)NC3=NCCC4(CC4)N3)C2=O)cn1. The van der Waals surface area contributed by atoms with Crippen LogP contribution in [0, 0.1) is 6.92 Å². The Balaban J connectivity index is 1.27. The predicted molar refractivity (Wildman–Crippen MR) is 115 cm³/mol. The van der Waals surface area contributed by atoms with E-state index in [9.17, 15) is 19.5 Å². The van der Waals surface area contributed by atoms with Crippen LogP contribution in [0.5, 0.6) is 0 Å². The van der Waals surface area contributed by atoms with E-state index in [1.165, 1.54) is 0 Å². The number of hydrogen-bond acceptors (Lipinski definition) is 7. The van der Waals surface area contributed by atoms with Crippen molar-refractivity contribution < 1.29 is 19.5 Å². The molecule has 3 N–H and O–H groups in total. The molecule has 11 heteroatoms. The lowest BCUT2D eigenvalue weighted by Gasteiger charge is -2.27. The van der Waals surface area contributed by atoms with Crippen LogP contribution in [-0.4, -0.2) is 80.5 Å². The number of carbonyl (C=O) groups is 3. The van der Waals surface area contributed by atoms with Gasteiger partial charge in [0.25, 0.3) is 0 Å². The van der Waals surface area contributed by atoms with Gasteiger partial charge >= 0.3 is 12.0 Å². The lowest BCUT2D eigenvalue weighted by molar-refractivity contribution is -0.138. The molecule has 1 aliphatic carbocycles. The van der Waals surface area contributed by atoms with Crippen LogP contribution in [0.25, 0.3) is 0 Å². The topological polar surface area (TPSA) is 140 Å². The average molecular weight is 444 g/mol. The molecule has 0 bridgehead atoms. The summed E-state index contributed by atoms with van der Waals surface area (Å²) in [6.07, 6.45) is 6.97. The number of carbonyl (C=O) groups excluding carboxylic acids is 2. The van der Waals surface area contributed by atoms with E-state index in [1.807, 2.05) is 0 Å². The smallest absolute Gasteiger partial charge is 0.320 e. The van der Waals surface area contributed by atoms with E-state index < -0.39 is 12.0 Å². The maximum Gasteiger partial charge on any atom is 0.320 e. The summed E-state index contributed by atoms with van der Waals surface area (Å²) in [6.45, 7) is 3.80. The van der Waals surface area contributed by atoms with Gasteiger partial charge in [-0.3, -0.25) is 19.9 Å². The highest BCUT2D eigenvalue weighted by Gasteiger charge is 2.44. The van der Waals surface area contributed by atoms with Crippen molar-refractivity contribution in [2.24, 2.45) is 4.99 Å². The van der Waals surface area contributed by atoms with Gasteiger partial charge in [0.15, 0.2) is 5.96 Å². The van der Waals surface area contributed by atoms with E-state index in [0.29, 0.717) is 43.4 Å². The molecular formula is C21H29N7O4. The van der Waals surface area contributed by atoms with E-state index in [0.717, 1.165) is 25.8 Å². The van der Waals surface area contributed by atoms with Gasteiger partial charge in [-0.05, 0) is 32.6 Å². The van der Waals surface area contributed by atoms with Gasteiger partial charge in [-0.15, -0.1) is 0 Å². The number of aromatic nitrogens is 2. The summed E-state index contributed by atoms with van der Waals surface area (Å²) in [5, 5.41) is 15.5. The van der Waals surface area contributed by atoms with Crippen molar-refractivity contribution >= 4 is 23.9 Å². The summed E-state index contributed by atoms with van der Waals surface area (Å²) in [5.41, 5.74) is 0.742. The molecule has 172 valence electrons. The number of amides is 3. The Bertz CT molecular complexity index is 913. The number of carboxylic acids is 1. The number of hydrogen-bond donors (Lipinski definition) is 3. The Hall–Kier alpha value is -3.24. The highest BCUT2D eigenvalue weighted by molar-refractivity contribution is 5.97. The van der Waals surface area contributed by atoms with Crippen LogP contribution >= 0.6 is 0 Å². The number of guanidine groups is 1. The first-order valence-corrected chi connectivity index (χ1v) is 11.0. The summed E-state index contributed by atoms with van der Waals surface area (Å²) in [4.78, 5) is 52.4. The number of aryl methyl sites for hydroxylation is 1. The molecule has 3 aliphatic rings. The number of rotatable bonds is 8. The van der Waals surface area contributed by atoms with Gasteiger partial charge < -0.3 is 20.2 Å². The number of aliphatic imine (C=N–C) groups is 1. The molecular weight excluding hydrogens is 414 g/mol. The largest absolute Gasteiger partial charge is 0.481 e. The fourth-order valence-electron chi connectivity index (χ4n) is 4.20. The minimum Gasteiger partial charge on any atom is -0.481 e. The molecule has 1 aromatic heterocycles. The molecule has 0 aromatic carbocycles. The third-order valence-corrected chi connectivity index (χ3v) is 6.24. The zero-order valence-electron chi connectivity index (χ0n) is 18.2. The van der Waals surface area contributed by atoms with Crippen molar-refractivity contribution in [3.8, 4) is 0 Å². The molecule has 1 saturated heterocycles. The fourth-order valence-corrected chi connectivity index (χ4v) is 4.20. The second kappa shape index (κ2) is 9.09. The second-order valence-corrected chi connectivity index (χ2v) is 8.68. The van der Waals surface area contributed by atoms with Gasteiger partial charge in [-0.25, -0.2) is 14.8 Å². The first kappa shape index (κ1) is 22.0. The van der Waals surface area contributed by atoms with Crippen molar-refractivity contribution in [1.82, 2.24) is 30.4 Å². The molecule has 2 fully saturated rings. The molecule has 32 heavy (non-hydrogen) atoms. The van der Waals surface area contributed by atoms with Crippen LogP contribution in [-0.2, 0) is 9.59 Å². The van der Waals surface area contributed by atoms with Crippen LogP contribution in [0.4, 0.5) is 4.79 Å². The van der Waals surface area contributed by atoms with E-state index in [-0.39, 0.29) is 30.3 Å². The van der Waals surface area contributed by atoms with Crippen molar-refractivity contribution in [3.05, 3.63) is 23.8 Å². The Labute approximate surface area is 186 Å². The number of carboxylic acid groups (broad SMARTS) is 1. The van der Waals surface area contributed by atoms with Crippen molar-refractivity contribution in [2.75, 3.05) is 26.2 Å². The van der Waals surface area contributed by atoms with Crippen LogP contribution < -0.4 is 10.6 Å². The quantitative estimate of drug-likeness (QED) is 0.540. The van der Waals surface area contributed by atoms with Crippen LogP contribution in [0.1, 0.15) is 56.0 Å². The maximum absolute atomic E-state index is 12.9. The van der Waals surface area contributed by atoms with Gasteiger partial charge in [0.05, 0.1) is 12.5 Å². The summed E-state index contributed by atoms with van der Waals surface area (Å²) in [7, 11) is 0. The molecule has 1 aromatic rings. The van der Waals surface area contributed by atoms with Gasteiger partial charge in [0.2, 0.25) is 5.91 Å². The van der Waals surface area contributed by atoms with Crippen molar-refractivity contribution in [3.63, 3.8) is 0 Å². The first-order valence-electron chi connectivity index (χ1n) is 11.0. The molecule has 1 saturated carbocycles. The predicted octanol–water partition coefficient (Wildman–Crippen LogP) is 0.817. The number of aliphatic carboxylic acids is 1. The lowest BCUT2D eigenvalue weighted by Crippen LogP contribution is -2.50. The number of nitrogens with one attached hydrogen (secondary N) is 2. The summed E-state index contributed by atoms with van der Waals surface area (Å²) in [5.74, 6) is 0.0138. The maximum atomic E-state index is 12.9. The molecule has 3 amide bonds. The highest BCUT2D eigenvalue weighted by Crippen LogP contribution is 2.39. The van der Waals surface area contributed by atoms with E-state index >= 15 is 0 Å². The molecule has 4 rings (SSSR count). The lowest BCUT2D eigenvalue weighted by atomic mass is 10.1. The fraction of sp³-hybridized carbons (Fsp3) is 0.619. The van der Waals surface area contributed by atoms with Crippen LogP contribution in [0.15, 0.2) is 17.4 Å². The van der Waals surface area contributed by atoms with Gasteiger partial charge in [-0.1, -0.05) is 0 Å². The third kappa shape index (κ3) is 5.14. The highest BCUT2D eigenvalue weighted by atomic mass is 16.4. The van der Waals surface area contributed by atoms with Crippen LogP contribution in [0.3, 0.4) is 0 Å². The number of urea groups is 1. The van der Waals surface area contributed by atoms with E-state index in [2.05, 4.69) is 25.6 Å². The van der Waals surface area contributed by atoms with E-state index in [1.54, 1.807) is 29.1 Å². The molecule has 1 atom stereocenters. The number of nitrogens with zero attached hydrogens (tertiary/aromatic N) is 5. The Morgan fingerprint density at radius 3 is 2.69 bits per heavy atom. The molecule has 1 unspecified atom stereocenters. The minimum atomic E-state index is -0.995. The zero-order valence-corrected chi connectivity index (χ0v) is 18.2. The summed E-state index contributed by atoms with van der Waals surface area (Å²) in [6, 6.07) is -0.856. The monoisotopic (exact) mass is 443 g/mol. The van der Waals surface area contributed by atoms with Gasteiger partial charge in [0.1, 0.15) is 5.82 Å². The van der Waals surface area contributed by atoms with Gasteiger partial charge in [-0.2, -0.15) is 0 Å². The Kier molecular flexibility index (Phi) is 6.24. The standard InChI is InChI=1S/C21H29N7O4/c1-14-23-12-15(13-24-14)16(11-18(30)31)28-10-9-27(20(28)32)8-2-3-17(29)25-19-22-7-6-21(26-19)4-5-21/h12-13,16H,2-11H2,1H3,(H,30,31)(H2,22,25,26,29). The molecule has 3 heterocycles. The summed E-state index contributed by atoms with van der Waals surface area (Å²) >= 11 is 0. The second-order valence-electron chi connectivity index (χ2n) is 8.68. The average Bonchev–Trinajstić information content (AvgIpc) is 3.39. The summed E-state index contributed by atoms with van der Waals surface area (Å²) < 4.78 is 0. The van der Waals surface area contributed by atoms with E-state index in [4.69, 9.17) is 0 Å². The van der Waals surface area contributed by atoms with Gasteiger partial charge in [0, 0.05) is 56.1 Å². The Morgan fingerprint density at radius 2 is 2.00 bits per heavy atom. The molecule has 2 aliphatic heterocycles. The third-order valence-electron chi connectivity index (χ3n) is 6.24. The van der Waals surface area contributed by atoms with Crippen LogP contribution in [0.2, 0.25) is 0 Å². The molecule has 11 nitrogen and oxygen atoms in total. The van der Waals surface area contributed by atoms with Crippen molar-refractivity contribution in [1.29, 1.82) is 0 Å². The Morgan fingerprint density at radius 1 is 1.25 bits per heavy atom. The molecule has 1 spiro atoms. The first-order chi connectivity index (χ1) is 15.3. The zero-order chi connectivity index (χ0) is 22.7. The normalized spacial score (nSPS) is 20.0.